The van der Waals surface area contributed by atoms with Gasteiger partial charge in [0.25, 0.3) is 0 Å². The van der Waals surface area contributed by atoms with Crippen molar-refractivity contribution in [3.05, 3.63) is 35.9 Å². The van der Waals surface area contributed by atoms with Crippen molar-refractivity contribution in [3.63, 3.8) is 0 Å². The second-order valence-corrected chi connectivity index (χ2v) is 7.66. The highest BCUT2D eigenvalue weighted by Gasteiger charge is 2.42. The standard InChI is InChI=1S/C20H25F3N2O2/c1-24(17-9-7-15(8-10-17)14-5-3-2-4-6-14)19(27)16-11-18(26)25(12-16)13-20(21,22)23/h2-6,15-17H,7-13H2,1H3. The molecule has 7 heteroatoms. The lowest BCUT2D eigenvalue weighted by Gasteiger charge is -2.36. The largest absolute Gasteiger partial charge is 0.406 e. The number of nitrogens with zero attached hydrogens (tertiary/aromatic N) is 2. The third-order valence-corrected chi connectivity index (χ3v) is 5.80. The van der Waals surface area contributed by atoms with Gasteiger partial charge < -0.3 is 9.80 Å². The maximum absolute atomic E-state index is 12.7. The third kappa shape index (κ3) is 4.82. The second kappa shape index (κ2) is 7.90. The maximum Gasteiger partial charge on any atom is 0.406 e. The first-order valence-corrected chi connectivity index (χ1v) is 9.40. The van der Waals surface area contributed by atoms with Crippen LogP contribution in [0.1, 0.15) is 43.6 Å². The van der Waals surface area contributed by atoms with Crippen molar-refractivity contribution < 1.29 is 22.8 Å². The van der Waals surface area contributed by atoms with Crippen LogP contribution in [0.3, 0.4) is 0 Å². The lowest BCUT2D eigenvalue weighted by Crippen LogP contribution is -2.43. The van der Waals surface area contributed by atoms with Crippen LogP contribution < -0.4 is 0 Å². The van der Waals surface area contributed by atoms with Crippen molar-refractivity contribution in [2.75, 3.05) is 20.1 Å². The molecule has 0 radical (unpaired) electrons. The normalized spacial score (nSPS) is 26.3. The summed E-state index contributed by atoms with van der Waals surface area (Å²) in [6, 6.07) is 10.4. The van der Waals surface area contributed by atoms with Gasteiger partial charge in [0.2, 0.25) is 11.8 Å². The summed E-state index contributed by atoms with van der Waals surface area (Å²) in [7, 11) is 1.72. The Balaban J connectivity index is 1.53. The molecule has 3 rings (SSSR count). The number of benzene rings is 1. The number of hydrogen-bond acceptors (Lipinski definition) is 2. The molecule has 4 nitrogen and oxygen atoms in total. The fourth-order valence-electron chi connectivity index (χ4n) is 4.30. The number of amides is 2. The molecule has 1 atom stereocenters. The first-order chi connectivity index (χ1) is 12.7. The number of hydrogen-bond donors (Lipinski definition) is 0. The summed E-state index contributed by atoms with van der Waals surface area (Å²) >= 11 is 0. The van der Waals surface area contributed by atoms with Crippen LogP contribution in [-0.4, -0.2) is 54.0 Å². The molecule has 0 aromatic heterocycles. The van der Waals surface area contributed by atoms with Crippen LogP contribution in [0.5, 0.6) is 0 Å². The van der Waals surface area contributed by atoms with E-state index in [2.05, 4.69) is 12.1 Å². The highest BCUT2D eigenvalue weighted by atomic mass is 19.4. The molecule has 0 spiro atoms. The molecule has 1 heterocycles. The van der Waals surface area contributed by atoms with Crippen molar-refractivity contribution in [2.45, 2.75) is 50.2 Å². The van der Waals surface area contributed by atoms with E-state index >= 15 is 0 Å². The minimum Gasteiger partial charge on any atom is -0.342 e. The zero-order chi connectivity index (χ0) is 19.6. The van der Waals surface area contributed by atoms with Gasteiger partial charge in [0.1, 0.15) is 6.54 Å². The number of rotatable bonds is 4. The van der Waals surface area contributed by atoms with Crippen LogP contribution >= 0.6 is 0 Å². The van der Waals surface area contributed by atoms with Gasteiger partial charge >= 0.3 is 6.18 Å². The van der Waals surface area contributed by atoms with E-state index in [0.29, 0.717) is 5.92 Å². The van der Waals surface area contributed by atoms with Gasteiger partial charge in [-0.1, -0.05) is 30.3 Å². The number of halogens is 3. The van der Waals surface area contributed by atoms with Crippen LogP contribution in [0.15, 0.2) is 30.3 Å². The van der Waals surface area contributed by atoms with Gasteiger partial charge in [0, 0.05) is 26.1 Å². The fourth-order valence-corrected chi connectivity index (χ4v) is 4.30. The SMILES string of the molecule is CN(C(=O)C1CC(=O)N(CC(F)(F)F)C1)C1CCC(c2ccccc2)CC1. The Morgan fingerprint density at radius 2 is 1.78 bits per heavy atom. The summed E-state index contributed by atoms with van der Waals surface area (Å²) in [5.41, 5.74) is 1.31. The van der Waals surface area contributed by atoms with E-state index in [0.717, 1.165) is 30.6 Å². The van der Waals surface area contributed by atoms with Crippen LogP contribution in [0, 0.1) is 5.92 Å². The average Bonchev–Trinajstić information content (AvgIpc) is 3.00. The van der Waals surface area contributed by atoms with E-state index in [1.807, 2.05) is 18.2 Å². The molecule has 2 fully saturated rings. The summed E-state index contributed by atoms with van der Waals surface area (Å²) in [6.45, 7) is -1.41. The molecule has 1 saturated heterocycles. The highest BCUT2D eigenvalue weighted by Crippen LogP contribution is 2.35. The van der Waals surface area contributed by atoms with Gasteiger partial charge in [-0.15, -0.1) is 0 Å². The quantitative estimate of drug-likeness (QED) is 0.799. The highest BCUT2D eigenvalue weighted by molar-refractivity contribution is 5.89. The molecule has 0 N–H and O–H groups in total. The topological polar surface area (TPSA) is 40.6 Å². The number of carbonyl (C=O) groups is 2. The average molecular weight is 382 g/mol. The summed E-state index contributed by atoms with van der Waals surface area (Å²) in [5, 5.41) is 0. The molecular weight excluding hydrogens is 357 g/mol. The molecule has 0 bridgehead atoms. The minimum atomic E-state index is -4.44. The Bertz CT molecular complexity index is 670. The number of carbonyl (C=O) groups excluding carboxylic acids is 2. The summed E-state index contributed by atoms with van der Waals surface area (Å²) in [6.07, 6.45) is -0.858. The van der Waals surface area contributed by atoms with Gasteiger partial charge in [-0.2, -0.15) is 13.2 Å². The summed E-state index contributed by atoms with van der Waals surface area (Å²) < 4.78 is 37.6. The molecule has 2 aliphatic rings. The van der Waals surface area contributed by atoms with Crippen molar-refractivity contribution in [2.24, 2.45) is 5.92 Å². The molecule has 1 aliphatic carbocycles. The second-order valence-electron chi connectivity index (χ2n) is 7.66. The van der Waals surface area contributed by atoms with Gasteiger partial charge in [-0.3, -0.25) is 9.59 Å². The Morgan fingerprint density at radius 1 is 1.15 bits per heavy atom. The lowest BCUT2D eigenvalue weighted by atomic mass is 9.81. The van der Waals surface area contributed by atoms with Gasteiger partial charge in [0.15, 0.2) is 0 Å². The van der Waals surface area contributed by atoms with E-state index in [4.69, 9.17) is 0 Å². The monoisotopic (exact) mass is 382 g/mol. The molecule has 148 valence electrons. The Morgan fingerprint density at radius 3 is 2.37 bits per heavy atom. The molecule has 1 aromatic rings. The molecule has 1 saturated carbocycles. The third-order valence-electron chi connectivity index (χ3n) is 5.80. The molecular formula is C20H25F3N2O2. The summed E-state index contributed by atoms with van der Waals surface area (Å²) in [5.74, 6) is -0.985. The van der Waals surface area contributed by atoms with Crippen molar-refractivity contribution in [1.82, 2.24) is 9.80 Å². The van der Waals surface area contributed by atoms with Crippen molar-refractivity contribution in [1.29, 1.82) is 0 Å². The van der Waals surface area contributed by atoms with Gasteiger partial charge in [-0.05, 0) is 37.2 Å². The van der Waals surface area contributed by atoms with E-state index in [1.165, 1.54) is 5.56 Å². The zero-order valence-electron chi connectivity index (χ0n) is 15.4. The Kier molecular flexibility index (Phi) is 5.77. The fraction of sp³-hybridized carbons (Fsp3) is 0.600. The van der Waals surface area contributed by atoms with E-state index in [-0.39, 0.29) is 24.9 Å². The maximum atomic E-state index is 12.7. The van der Waals surface area contributed by atoms with Crippen molar-refractivity contribution >= 4 is 11.8 Å². The van der Waals surface area contributed by atoms with E-state index < -0.39 is 24.5 Å². The predicted molar refractivity (Wildman–Crippen MR) is 95.0 cm³/mol. The Hall–Kier alpha value is -2.05. The molecule has 1 aromatic carbocycles. The van der Waals surface area contributed by atoms with Crippen LogP contribution in [0.2, 0.25) is 0 Å². The minimum absolute atomic E-state index is 0.0873. The van der Waals surface area contributed by atoms with Crippen LogP contribution in [0.25, 0.3) is 0 Å². The Labute approximate surface area is 157 Å². The van der Waals surface area contributed by atoms with Gasteiger partial charge in [-0.25, -0.2) is 0 Å². The van der Waals surface area contributed by atoms with Crippen molar-refractivity contribution in [3.8, 4) is 0 Å². The lowest BCUT2D eigenvalue weighted by molar-refractivity contribution is -0.157. The zero-order valence-corrected chi connectivity index (χ0v) is 15.4. The molecule has 27 heavy (non-hydrogen) atoms. The van der Waals surface area contributed by atoms with Crippen LogP contribution in [-0.2, 0) is 9.59 Å². The molecule has 2 amide bonds. The first kappa shape index (κ1) is 19.7. The summed E-state index contributed by atoms with van der Waals surface area (Å²) in [4.78, 5) is 27.0. The number of alkyl halides is 3. The number of likely N-dealkylation sites (tertiary alicyclic amines) is 1. The van der Waals surface area contributed by atoms with Gasteiger partial charge in [0.05, 0.1) is 5.92 Å². The first-order valence-electron chi connectivity index (χ1n) is 9.40. The molecule has 1 aliphatic heterocycles. The van der Waals surface area contributed by atoms with E-state index in [1.54, 1.807) is 11.9 Å². The van der Waals surface area contributed by atoms with E-state index in [9.17, 15) is 22.8 Å². The van der Waals surface area contributed by atoms with Crippen LogP contribution in [0.4, 0.5) is 13.2 Å². The predicted octanol–water partition coefficient (Wildman–Crippen LogP) is 3.58. The molecule has 1 unspecified atom stereocenters. The smallest absolute Gasteiger partial charge is 0.342 e.